The monoisotopic (exact) mass is 379 g/mol. The Hall–Kier alpha value is -3.29. The summed E-state index contributed by atoms with van der Waals surface area (Å²) in [5.74, 6) is -7.16. The van der Waals surface area contributed by atoms with Crippen LogP contribution in [0.1, 0.15) is 21.9 Å². The van der Waals surface area contributed by atoms with Crippen LogP contribution >= 0.6 is 0 Å². The predicted octanol–water partition coefficient (Wildman–Crippen LogP) is 4.98. The number of amides is 1. The molecule has 0 saturated heterocycles. The highest BCUT2D eigenvalue weighted by Gasteiger charge is 2.22. The summed E-state index contributed by atoms with van der Waals surface area (Å²) in [7, 11) is 0. The zero-order valence-electron chi connectivity index (χ0n) is 14.0. The number of carbonyl (C=O) groups is 1. The van der Waals surface area contributed by atoms with Crippen LogP contribution in [0.5, 0.6) is 5.75 Å². The molecule has 0 saturated carbocycles. The Balaban J connectivity index is 1.72. The Bertz CT molecular complexity index is 974. The van der Waals surface area contributed by atoms with Crippen molar-refractivity contribution in [2.45, 2.75) is 13.5 Å². The Labute approximate surface area is 151 Å². The van der Waals surface area contributed by atoms with Gasteiger partial charge in [0.1, 0.15) is 23.8 Å². The van der Waals surface area contributed by atoms with E-state index in [9.17, 15) is 22.4 Å². The number of halogens is 4. The molecule has 3 rings (SSSR count). The minimum Gasteiger partial charge on any atom is -0.485 e. The van der Waals surface area contributed by atoms with Gasteiger partial charge in [-0.05, 0) is 30.7 Å². The van der Waals surface area contributed by atoms with Crippen LogP contribution in [-0.2, 0) is 6.61 Å². The van der Waals surface area contributed by atoms with Gasteiger partial charge < -0.3 is 14.5 Å². The molecule has 8 heteroatoms. The lowest BCUT2D eigenvalue weighted by Crippen LogP contribution is -2.15. The molecule has 2 aromatic carbocycles. The third-order valence-electron chi connectivity index (χ3n) is 3.70. The van der Waals surface area contributed by atoms with Crippen LogP contribution in [0.25, 0.3) is 0 Å². The molecule has 0 radical (unpaired) electrons. The van der Waals surface area contributed by atoms with E-state index in [-0.39, 0.29) is 24.2 Å². The second-order valence-corrected chi connectivity index (χ2v) is 5.62. The number of benzene rings is 2. The lowest BCUT2D eigenvalue weighted by molar-refractivity contribution is 0.0991. The highest BCUT2D eigenvalue weighted by Crippen LogP contribution is 2.25. The van der Waals surface area contributed by atoms with Gasteiger partial charge in [0.25, 0.3) is 5.91 Å². The van der Waals surface area contributed by atoms with Crippen molar-refractivity contribution in [3.05, 3.63) is 82.8 Å². The largest absolute Gasteiger partial charge is 0.485 e. The van der Waals surface area contributed by atoms with Crippen LogP contribution in [0.3, 0.4) is 0 Å². The highest BCUT2D eigenvalue weighted by molar-refractivity contribution is 6.02. The van der Waals surface area contributed by atoms with Gasteiger partial charge in [0, 0.05) is 6.07 Å². The third-order valence-corrected chi connectivity index (χ3v) is 3.70. The van der Waals surface area contributed by atoms with Gasteiger partial charge in [-0.2, -0.15) is 0 Å². The van der Waals surface area contributed by atoms with Gasteiger partial charge >= 0.3 is 0 Å². The van der Waals surface area contributed by atoms with Gasteiger partial charge in [-0.3, -0.25) is 4.79 Å². The summed E-state index contributed by atoms with van der Waals surface area (Å²) in [4.78, 5) is 12.1. The van der Waals surface area contributed by atoms with E-state index in [0.717, 1.165) is 5.56 Å². The third kappa shape index (κ3) is 3.94. The summed E-state index contributed by atoms with van der Waals surface area (Å²) < 4.78 is 64.5. The minimum atomic E-state index is -1.71. The first-order valence-corrected chi connectivity index (χ1v) is 7.78. The molecule has 27 heavy (non-hydrogen) atoms. The smallest absolute Gasteiger partial charge is 0.291 e. The first-order valence-electron chi connectivity index (χ1n) is 7.78. The number of carbonyl (C=O) groups excluding carboxylic acids is 1. The lowest BCUT2D eigenvalue weighted by atomic mass is 10.2. The summed E-state index contributed by atoms with van der Waals surface area (Å²) in [5, 5.41) is 1.77. The van der Waals surface area contributed by atoms with Crippen molar-refractivity contribution in [3.8, 4) is 5.75 Å². The van der Waals surface area contributed by atoms with Crippen molar-refractivity contribution in [3.63, 3.8) is 0 Å². The first kappa shape index (κ1) is 18.5. The van der Waals surface area contributed by atoms with E-state index in [1.807, 2.05) is 19.1 Å². The number of aryl methyl sites for hydroxylation is 1. The molecule has 0 unspecified atom stereocenters. The summed E-state index contributed by atoms with van der Waals surface area (Å²) in [6.07, 6.45) is 0. The maximum absolute atomic E-state index is 13.6. The molecule has 3 aromatic rings. The van der Waals surface area contributed by atoms with Crippen LogP contribution in [0.2, 0.25) is 0 Å². The number of hydrogen-bond acceptors (Lipinski definition) is 3. The molecule has 4 nitrogen and oxygen atoms in total. The molecular weight excluding hydrogens is 366 g/mol. The van der Waals surface area contributed by atoms with Crippen molar-refractivity contribution in [1.29, 1.82) is 0 Å². The maximum Gasteiger partial charge on any atom is 0.291 e. The molecular formula is C19H13F4NO3. The zero-order chi connectivity index (χ0) is 19.6. The Morgan fingerprint density at radius 1 is 1.04 bits per heavy atom. The standard InChI is InChI=1S/C19H13F4NO3/c1-10-4-2-3-5-14(10)26-9-11-6-7-15(27-11)19(25)24-18-16(22)12(20)8-13(21)17(18)23/h2-8H,9H2,1H3,(H,24,25). The Kier molecular flexibility index (Phi) is 5.16. The van der Waals surface area contributed by atoms with E-state index in [0.29, 0.717) is 5.75 Å². The van der Waals surface area contributed by atoms with Crippen LogP contribution in [0.15, 0.2) is 46.9 Å². The molecule has 0 aliphatic rings. The number of ether oxygens (including phenoxy) is 1. The van der Waals surface area contributed by atoms with E-state index in [4.69, 9.17) is 9.15 Å². The fourth-order valence-corrected chi connectivity index (χ4v) is 2.30. The molecule has 0 bridgehead atoms. The second-order valence-electron chi connectivity index (χ2n) is 5.62. The number of anilines is 1. The van der Waals surface area contributed by atoms with Crippen molar-refractivity contribution in [2.75, 3.05) is 5.32 Å². The van der Waals surface area contributed by atoms with E-state index < -0.39 is 34.9 Å². The van der Waals surface area contributed by atoms with Crippen LogP contribution in [0, 0.1) is 30.2 Å². The minimum absolute atomic E-state index is 0.00937. The second kappa shape index (κ2) is 7.53. The average Bonchev–Trinajstić information content (AvgIpc) is 3.12. The molecule has 1 heterocycles. The highest BCUT2D eigenvalue weighted by atomic mass is 19.2. The maximum atomic E-state index is 13.6. The SMILES string of the molecule is Cc1ccccc1OCc1ccc(C(=O)Nc2c(F)c(F)cc(F)c2F)o1. The summed E-state index contributed by atoms with van der Waals surface area (Å²) >= 11 is 0. The molecule has 0 fully saturated rings. The molecule has 0 aliphatic heterocycles. The molecule has 0 aliphatic carbocycles. The van der Waals surface area contributed by atoms with Crippen LogP contribution in [-0.4, -0.2) is 5.91 Å². The van der Waals surface area contributed by atoms with Gasteiger partial charge in [-0.15, -0.1) is 0 Å². The van der Waals surface area contributed by atoms with E-state index in [2.05, 4.69) is 0 Å². The predicted molar refractivity (Wildman–Crippen MR) is 88.4 cm³/mol. The van der Waals surface area contributed by atoms with Gasteiger partial charge in [0.15, 0.2) is 29.0 Å². The van der Waals surface area contributed by atoms with Crippen molar-refractivity contribution in [2.24, 2.45) is 0 Å². The van der Waals surface area contributed by atoms with Gasteiger partial charge in [0.2, 0.25) is 0 Å². The van der Waals surface area contributed by atoms with E-state index in [1.165, 1.54) is 12.1 Å². The fourth-order valence-electron chi connectivity index (χ4n) is 2.30. The first-order chi connectivity index (χ1) is 12.9. The Morgan fingerprint density at radius 2 is 1.70 bits per heavy atom. The molecule has 1 N–H and O–H groups in total. The fraction of sp³-hybridized carbons (Fsp3) is 0.105. The Morgan fingerprint density at radius 3 is 2.37 bits per heavy atom. The van der Waals surface area contributed by atoms with E-state index >= 15 is 0 Å². The molecule has 140 valence electrons. The number of furan rings is 1. The van der Waals surface area contributed by atoms with Gasteiger partial charge in [0.05, 0.1) is 0 Å². The topological polar surface area (TPSA) is 51.5 Å². The van der Waals surface area contributed by atoms with Crippen molar-refractivity contribution >= 4 is 11.6 Å². The molecule has 0 spiro atoms. The van der Waals surface area contributed by atoms with Gasteiger partial charge in [-0.25, -0.2) is 17.6 Å². The number of rotatable bonds is 5. The molecule has 1 amide bonds. The average molecular weight is 379 g/mol. The van der Waals surface area contributed by atoms with Crippen molar-refractivity contribution < 1.29 is 31.5 Å². The van der Waals surface area contributed by atoms with Crippen LogP contribution < -0.4 is 10.1 Å². The quantitative estimate of drug-likeness (QED) is 0.503. The summed E-state index contributed by atoms with van der Waals surface area (Å²) in [6, 6.07) is 10.0. The lowest BCUT2D eigenvalue weighted by Gasteiger charge is -2.08. The van der Waals surface area contributed by atoms with E-state index in [1.54, 1.807) is 17.4 Å². The number of nitrogens with one attached hydrogen (secondary N) is 1. The number of para-hydroxylation sites is 1. The van der Waals surface area contributed by atoms with Crippen molar-refractivity contribution in [1.82, 2.24) is 0 Å². The number of hydrogen-bond donors (Lipinski definition) is 1. The molecule has 1 aromatic heterocycles. The van der Waals surface area contributed by atoms with Crippen LogP contribution in [0.4, 0.5) is 23.2 Å². The molecule has 0 atom stereocenters. The normalized spacial score (nSPS) is 10.7. The summed E-state index contributed by atoms with van der Waals surface area (Å²) in [5.41, 5.74) is -0.326. The zero-order valence-corrected chi connectivity index (χ0v) is 14.0. The summed E-state index contributed by atoms with van der Waals surface area (Å²) in [6.45, 7) is 1.87. The van der Waals surface area contributed by atoms with Gasteiger partial charge in [-0.1, -0.05) is 18.2 Å².